The fraction of sp³-hybridized carbons (Fsp3) is 0.391. The molecular weight excluding hydrogens is 469 g/mol. The third-order valence-corrected chi connectivity index (χ3v) is 5.98. The average molecular weight is 496 g/mol. The SMILES string of the molecule is NC(=O)c1ccccc1OCC(=O)NC[C@@H](O)CN1CCC(Oc2ccc(Cl)c(Cl)c2)CC1. The number of benzene rings is 2. The highest BCUT2D eigenvalue weighted by Crippen LogP contribution is 2.28. The molecular formula is C23H27Cl2N3O5. The number of β-amino-alcohol motifs (C(OH)–C–C–N with tert-alkyl or cyclic N) is 1. The second-order valence-electron chi connectivity index (χ2n) is 7.80. The van der Waals surface area contributed by atoms with Gasteiger partial charge in [-0.1, -0.05) is 35.3 Å². The first-order valence-corrected chi connectivity index (χ1v) is 11.4. The van der Waals surface area contributed by atoms with Crippen LogP contribution in [0.4, 0.5) is 0 Å². The first-order chi connectivity index (χ1) is 15.8. The number of carbonyl (C=O) groups is 2. The lowest BCUT2D eigenvalue weighted by Crippen LogP contribution is -2.45. The fourth-order valence-electron chi connectivity index (χ4n) is 3.54. The van der Waals surface area contributed by atoms with Crippen LogP contribution in [0.5, 0.6) is 11.5 Å². The summed E-state index contributed by atoms with van der Waals surface area (Å²) in [5.74, 6) is -0.104. The zero-order valence-electron chi connectivity index (χ0n) is 18.0. The van der Waals surface area contributed by atoms with Gasteiger partial charge in [-0.05, 0) is 37.1 Å². The molecule has 2 amide bonds. The van der Waals surface area contributed by atoms with E-state index in [2.05, 4.69) is 10.2 Å². The van der Waals surface area contributed by atoms with Crippen molar-refractivity contribution in [3.63, 3.8) is 0 Å². The topological polar surface area (TPSA) is 114 Å². The molecule has 2 aromatic carbocycles. The molecule has 1 aliphatic rings. The number of halogens is 2. The summed E-state index contributed by atoms with van der Waals surface area (Å²) in [7, 11) is 0. The van der Waals surface area contributed by atoms with Crippen LogP contribution < -0.4 is 20.5 Å². The molecule has 0 bridgehead atoms. The van der Waals surface area contributed by atoms with E-state index in [4.69, 9.17) is 38.4 Å². The van der Waals surface area contributed by atoms with Crippen molar-refractivity contribution in [2.45, 2.75) is 25.0 Å². The predicted octanol–water partition coefficient (Wildman–Crippen LogP) is 2.49. The molecule has 33 heavy (non-hydrogen) atoms. The minimum absolute atomic E-state index is 0.0655. The largest absolute Gasteiger partial charge is 0.490 e. The number of rotatable bonds is 10. The highest BCUT2D eigenvalue weighted by molar-refractivity contribution is 6.42. The molecule has 0 spiro atoms. The number of likely N-dealkylation sites (tertiary alicyclic amines) is 1. The molecule has 3 rings (SSSR count). The number of primary amides is 1. The van der Waals surface area contributed by atoms with E-state index >= 15 is 0 Å². The van der Waals surface area contributed by atoms with Crippen molar-refractivity contribution in [2.75, 3.05) is 32.8 Å². The predicted molar refractivity (Wildman–Crippen MR) is 126 cm³/mol. The van der Waals surface area contributed by atoms with Gasteiger partial charge in [0, 0.05) is 32.2 Å². The van der Waals surface area contributed by atoms with E-state index in [1.54, 1.807) is 36.4 Å². The van der Waals surface area contributed by atoms with Gasteiger partial charge in [-0.25, -0.2) is 0 Å². The molecule has 1 atom stereocenters. The first kappa shape index (κ1) is 25.1. The van der Waals surface area contributed by atoms with Gasteiger partial charge in [-0.3, -0.25) is 9.59 Å². The number of hydrogen-bond donors (Lipinski definition) is 3. The van der Waals surface area contributed by atoms with Crippen molar-refractivity contribution in [2.24, 2.45) is 5.73 Å². The third-order valence-electron chi connectivity index (χ3n) is 5.24. The number of aliphatic hydroxyl groups is 1. The number of aliphatic hydroxyl groups excluding tert-OH is 1. The van der Waals surface area contributed by atoms with Gasteiger partial charge in [0.25, 0.3) is 11.8 Å². The van der Waals surface area contributed by atoms with Crippen molar-refractivity contribution in [1.82, 2.24) is 10.2 Å². The Labute approximate surface area is 202 Å². The summed E-state index contributed by atoms with van der Waals surface area (Å²) in [5, 5.41) is 13.9. The van der Waals surface area contributed by atoms with Crippen LogP contribution in [0.25, 0.3) is 0 Å². The number of amides is 2. The molecule has 10 heteroatoms. The molecule has 0 saturated carbocycles. The van der Waals surface area contributed by atoms with E-state index in [9.17, 15) is 14.7 Å². The minimum atomic E-state index is -0.723. The van der Waals surface area contributed by atoms with Gasteiger partial charge in [0.2, 0.25) is 0 Å². The summed E-state index contributed by atoms with van der Waals surface area (Å²) in [6.07, 6.45) is 0.967. The van der Waals surface area contributed by atoms with Gasteiger partial charge in [0.1, 0.15) is 17.6 Å². The third kappa shape index (κ3) is 7.78. The van der Waals surface area contributed by atoms with Crippen molar-refractivity contribution in [3.05, 3.63) is 58.1 Å². The maximum Gasteiger partial charge on any atom is 0.258 e. The number of nitrogens with one attached hydrogen (secondary N) is 1. The summed E-state index contributed by atoms with van der Waals surface area (Å²) < 4.78 is 11.4. The second kappa shape index (κ2) is 12.1. The zero-order chi connectivity index (χ0) is 23.8. The van der Waals surface area contributed by atoms with Crippen molar-refractivity contribution >= 4 is 35.0 Å². The Morgan fingerprint density at radius 2 is 1.88 bits per heavy atom. The molecule has 1 saturated heterocycles. The molecule has 1 aliphatic heterocycles. The number of para-hydroxylation sites is 1. The Hall–Kier alpha value is -2.52. The smallest absolute Gasteiger partial charge is 0.258 e. The minimum Gasteiger partial charge on any atom is -0.490 e. The highest BCUT2D eigenvalue weighted by atomic mass is 35.5. The summed E-state index contributed by atoms with van der Waals surface area (Å²) in [6, 6.07) is 11.6. The molecule has 0 aliphatic carbocycles. The van der Waals surface area contributed by atoms with Crippen LogP contribution >= 0.6 is 23.2 Å². The lowest BCUT2D eigenvalue weighted by Gasteiger charge is -2.33. The molecule has 2 aromatic rings. The van der Waals surface area contributed by atoms with Crippen molar-refractivity contribution < 1.29 is 24.2 Å². The second-order valence-corrected chi connectivity index (χ2v) is 8.62. The molecule has 0 radical (unpaired) electrons. The Balaban J connectivity index is 1.34. The van der Waals surface area contributed by atoms with Crippen LogP contribution in [0.2, 0.25) is 10.0 Å². The van der Waals surface area contributed by atoms with Gasteiger partial charge in [0.05, 0.1) is 21.7 Å². The summed E-state index contributed by atoms with van der Waals surface area (Å²) >= 11 is 12.0. The van der Waals surface area contributed by atoms with E-state index < -0.39 is 17.9 Å². The molecule has 0 unspecified atom stereocenters. The van der Waals surface area contributed by atoms with Crippen LogP contribution in [0, 0.1) is 0 Å². The lowest BCUT2D eigenvalue weighted by atomic mass is 10.1. The van der Waals surface area contributed by atoms with E-state index in [1.807, 2.05) is 0 Å². The Bertz CT molecular complexity index is 967. The highest BCUT2D eigenvalue weighted by Gasteiger charge is 2.22. The lowest BCUT2D eigenvalue weighted by molar-refractivity contribution is -0.123. The van der Waals surface area contributed by atoms with E-state index in [0.29, 0.717) is 22.3 Å². The van der Waals surface area contributed by atoms with Crippen molar-refractivity contribution in [1.29, 1.82) is 0 Å². The first-order valence-electron chi connectivity index (χ1n) is 10.6. The number of carbonyl (C=O) groups excluding carboxylic acids is 2. The maximum atomic E-state index is 12.0. The van der Waals surface area contributed by atoms with Crippen LogP contribution in [-0.4, -0.2) is 66.8 Å². The molecule has 1 heterocycles. The molecule has 178 valence electrons. The van der Waals surface area contributed by atoms with E-state index in [1.165, 1.54) is 6.07 Å². The van der Waals surface area contributed by atoms with Crippen LogP contribution in [-0.2, 0) is 4.79 Å². The quantitative estimate of drug-likeness (QED) is 0.466. The average Bonchev–Trinajstić information content (AvgIpc) is 2.80. The summed E-state index contributed by atoms with van der Waals surface area (Å²) in [4.78, 5) is 25.6. The van der Waals surface area contributed by atoms with E-state index in [0.717, 1.165) is 25.9 Å². The van der Waals surface area contributed by atoms with Gasteiger partial charge >= 0.3 is 0 Å². The Morgan fingerprint density at radius 1 is 1.15 bits per heavy atom. The van der Waals surface area contributed by atoms with Crippen molar-refractivity contribution in [3.8, 4) is 11.5 Å². The standard InChI is InChI=1S/C23H27Cl2N3O5/c24-19-6-5-17(11-20(19)25)33-16-7-9-28(10-8-16)13-15(29)12-27-22(30)14-32-21-4-2-1-3-18(21)23(26)31/h1-6,11,15-16,29H,7-10,12-14H2,(H2,26,31)(H,27,30)/t15-/m1/s1. The zero-order valence-corrected chi connectivity index (χ0v) is 19.5. The number of hydrogen-bond acceptors (Lipinski definition) is 6. The summed E-state index contributed by atoms with van der Waals surface area (Å²) in [6.45, 7) is 1.78. The number of nitrogens with zero attached hydrogens (tertiary/aromatic N) is 1. The maximum absolute atomic E-state index is 12.0. The van der Waals surface area contributed by atoms with Crippen LogP contribution in [0.3, 0.4) is 0 Å². The Kier molecular flexibility index (Phi) is 9.20. The number of nitrogens with two attached hydrogens (primary N) is 1. The Morgan fingerprint density at radius 3 is 2.58 bits per heavy atom. The number of ether oxygens (including phenoxy) is 2. The monoisotopic (exact) mass is 495 g/mol. The van der Waals surface area contributed by atoms with Gasteiger partial charge in [-0.15, -0.1) is 0 Å². The molecule has 4 N–H and O–H groups in total. The van der Waals surface area contributed by atoms with E-state index in [-0.39, 0.29) is 30.6 Å². The normalized spacial score (nSPS) is 15.6. The molecule has 0 aromatic heterocycles. The number of piperidine rings is 1. The van der Waals surface area contributed by atoms with Gasteiger partial charge in [-0.2, -0.15) is 0 Å². The van der Waals surface area contributed by atoms with Crippen LogP contribution in [0.15, 0.2) is 42.5 Å². The van der Waals surface area contributed by atoms with Gasteiger partial charge < -0.3 is 30.5 Å². The molecule has 1 fully saturated rings. The van der Waals surface area contributed by atoms with Crippen LogP contribution in [0.1, 0.15) is 23.2 Å². The fourth-order valence-corrected chi connectivity index (χ4v) is 3.83. The van der Waals surface area contributed by atoms with Gasteiger partial charge in [0.15, 0.2) is 6.61 Å². The molecule has 8 nitrogen and oxygen atoms in total. The summed E-state index contributed by atoms with van der Waals surface area (Å²) in [5.41, 5.74) is 5.50.